The van der Waals surface area contributed by atoms with E-state index in [4.69, 9.17) is 9.47 Å². The predicted molar refractivity (Wildman–Crippen MR) is 161 cm³/mol. The molecule has 43 heavy (non-hydrogen) atoms. The first kappa shape index (κ1) is 32.3. The monoisotopic (exact) mass is 582 g/mol. The van der Waals surface area contributed by atoms with Crippen LogP contribution < -0.4 is 9.47 Å². The van der Waals surface area contributed by atoms with Gasteiger partial charge in [-0.3, -0.25) is 19.2 Å². The van der Waals surface area contributed by atoms with Crippen LogP contribution in [0.25, 0.3) is 0 Å². The molecule has 0 radical (unpaired) electrons. The average molecular weight is 583 g/mol. The van der Waals surface area contributed by atoms with E-state index in [2.05, 4.69) is 9.47 Å². The van der Waals surface area contributed by atoms with Gasteiger partial charge >= 0.3 is 23.9 Å². The van der Waals surface area contributed by atoms with Crippen LogP contribution in [0.5, 0.6) is 11.5 Å². The van der Waals surface area contributed by atoms with Crippen molar-refractivity contribution in [3.63, 3.8) is 0 Å². The molecule has 4 aromatic carbocycles. The first-order valence-electron chi connectivity index (χ1n) is 13.6. The topological polar surface area (TPSA) is 105 Å². The van der Waals surface area contributed by atoms with E-state index in [0.29, 0.717) is 11.5 Å². The Morgan fingerprint density at radius 3 is 1.33 bits per heavy atom. The summed E-state index contributed by atoms with van der Waals surface area (Å²) in [7, 11) is 2.68. The summed E-state index contributed by atoms with van der Waals surface area (Å²) < 4.78 is 19.8. The number of rotatable bonds is 10. The van der Waals surface area contributed by atoms with Crippen LogP contribution >= 0.6 is 0 Å². The second-order valence-corrected chi connectivity index (χ2v) is 9.58. The van der Waals surface area contributed by atoms with Crippen LogP contribution in [0, 0.1) is 6.92 Å². The minimum atomic E-state index is -0.337. The molecule has 0 heterocycles. The maximum atomic E-state index is 12.0. The van der Waals surface area contributed by atoms with Gasteiger partial charge in [-0.15, -0.1) is 0 Å². The summed E-state index contributed by atoms with van der Waals surface area (Å²) in [5.41, 5.74) is 4.40. The molecule has 0 atom stereocenters. The zero-order valence-corrected chi connectivity index (χ0v) is 24.4. The minimum absolute atomic E-state index is 0.153. The summed E-state index contributed by atoms with van der Waals surface area (Å²) in [4.78, 5) is 46.3. The fourth-order valence-electron chi connectivity index (χ4n) is 4.00. The lowest BCUT2D eigenvalue weighted by molar-refractivity contribution is -0.140. The lowest BCUT2D eigenvalue weighted by atomic mass is 10.1. The number of ether oxygens (including phenoxy) is 4. The number of carbonyl (C=O) groups excluding carboxylic acids is 4. The first-order chi connectivity index (χ1) is 20.7. The Bertz CT molecular complexity index is 1530. The Morgan fingerprint density at radius 1 is 0.465 bits per heavy atom. The molecule has 4 aromatic rings. The second kappa shape index (κ2) is 16.9. The summed E-state index contributed by atoms with van der Waals surface area (Å²) in [6.07, 6.45) is 0.728. The van der Waals surface area contributed by atoms with Crippen LogP contribution in [0.1, 0.15) is 27.8 Å². The van der Waals surface area contributed by atoms with Crippen LogP contribution in [-0.4, -0.2) is 38.1 Å². The normalized spacial score (nSPS) is 10.0. The molecule has 4 rings (SSSR count). The van der Waals surface area contributed by atoms with E-state index in [0.717, 1.165) is 27.8 Å². The Labute approximate surface area is 251 Å². The van der Waals surface area contributed by atoms with Gasteiger partial charge in [0.05, 0.1) is 39.9 Å². The molecular formula is C35H34O8. The maximum absolute atomic E-state index is 12.0. The lowest BCUT2D eigenvalue weighted by Gasteiger charge is -2.07. The number of esters is 4. The molecule has 0 amide bonds. The van der Waals surface area contributed by atoms with Gasteiger partial charge in [0, 0.05) is 0 Å². The van der Waals surface area contributed by atoms with Gasteiger partial charge in [0.15, 0.2) is 0 Å². The van der Waals surface area contributed by atoms with Gasteiger partial charge < -0.3 is 18.9 Å². The van der Waals surface area contributed by atoms with Crippen LogP contribution in [0.2, 0.25) is 0 Å². The Hall–Kier alpha value is -5.24. The molecule has 0 fully saturated rings. The fourth-order valence-corrected chi connectivity index (χ4v) is 4.00. The second-order valence-electron chi connectivity index (χ2n) is 9.58. The highest BCUT2D eigenvalue weighted by Gasteiger charge is 2.10. The molecule has 0 saturated heterocycles. The predicted octanol–water partition coefficient (Wildman–Crippen LogP) is 5.41. The third kappa shape index (κ3) is 12.0. The largest absolute Gasteiger partial charge is 0.469 e. The molecule has 0 spiro atoms. The zero-order chi connectivity index (χ0) is 31.0. The Balaban J connectivity index is 0.000000236. The highest BCUT2D eigenvalue weighted by molar-refractivity contribution is 5.77. The highest BCUT2D eigenvalue weighted by Crippen LogP contribution is 2.17. The van der Waals surface area contributed by atoms with E-state index >= 15 is 0 Å². The molecule has 0 aromatic heterocycles. The quantitative estimate of drug-likeness (QED) is 0.181. The molecule has 8 nitrogen and oxygen atoms in total. The van der Waals surface area contributed by atoms with E-state index in [1.165, 1.54) is 14.2 Å². The van der Waals surface area contributed by atoms with Gasteiger partial charge in [-0.05, 0) is 53.4 Å². The molecule has 0 unspecified atom stereocenters. The third-order valence-electron chi connectivity index (χ3n) is 6.03. The van der Waals surface area contributed by atoms with E-state index in [1.807, 2.05) is 61.5 Å². The fraction of sp³-hybridized carbons (Fsp3) is 0.200. The molecule has 0 N–H and O–H groups in total. The van der Waals surface area contributed by atoms with E-state index in [1.54, 1.807) is 48.5 Å². The zero-order valence-electron chi connectivity index (χ0n) is 24.4. The van der Waals surface area contributed by atoms with Gasteiger partial charge in [-0.1, -0.05) is 84.4 Å². The number of carbonyl (C=O) groups is 4. The van der Waals surface area contributed by atoms with Crippen molar-refractivity contribution >= 4 is 23.9 Å². The van der Waals surface area contributed by atoms with Crippen molar-refractivity contribution < 1.29 is 38.1 Å². The molecule has 0 aliphatic heterocycles. The number of aryl methyl sites for hydroxylation is 1. The molecule has 8 heteroatoms. The molecule has 0 aliphatic carbocycles. The van der Waals surface area contributed by atoms with Crippen molar-refractivity contribution in [1.29, 1.82) is 0 Å². The van der Waals surface area contributed by atoms with E-state index in [-0.39, 0.29) is 49.6 Å². The van der Waals surface area contributed by atoms with Gasteiger partial charge in [0.1, 0.15) is 11.5 Å². The van der Waals surface area contributed by atoms with Crippen molar-refractivity contribution in [2.24, 2.45) is 0 Å². The summed E-state index contributed by atoms with van der Waals surface area (Å²) >= 11 is 0. The molecular weight excluding hydrogens is 548 g/mol. The Kier molecular flexibility index (Phi) is 12.7. The van der Waals surface area contributed by atoms with Crippen LogP contribution in [0.3, 0.4) is 0 Å². The van der Waals surface area contributed by atoms with Gasteiger partial charge in [0.2, 0.25) is 0 Å². The van der Waals surface area contributed by atoms with E-state index < -0.39 is 0 Å². The SMILES string of the molecule is COC(=O)Cc1cccc(OC(=O)Cc2cccc(C)c2)c1.COC(=O)Cc1cccc(OC(=O)Cc2ccccc2)c1. The number of methoxy groups -OCH3 is 2. The Morgan fingerprint density at radius 2 is 0.860 bits per heavy atom. The van der Waals surface area contributed by atoms with Crippen LogP contribution in [0.15, 0.2) is 103 Å². The minimum Gasteiger partial charge on any atom is -0.469 e. The molecule has 222 valence electrons. The van der Waals surface area contributed by atoms with Crippen molar-refractivity contribution in [2.75, 3.05) is 14.2 Å². The van der Waals surface area contributed by atoms with Gasteiger partial charge in [-0.25, -0.2) is 0 Å². The number of hydrogen-bond acceptors (Lipinski definition) is 8. The van der Waals surface area contributed by atoms with Crippen LogP contribution in [0.4, 0.5) is 0 Å². The third-order valence-corrected chi connectivity index (χ3v) is 6.03. The maximum Gasteiger partial charge on any atom is 0.315 e. The van der Waals surface area contributed by atoms with Gasteiger partial charge in [0.25, 0.3) is 0 Å². The number of hydrogen-bond donors (Lipinski definition) is 0. The van der Waals surface area contributed by atoms with Crippen molar-refractivity contribution in [3.05, 3.63) is 131 Å². The lowest BCUT2D eigenvalue weighted by Crippen LogP contribution is -2.11. The smallest absolute Gasteiger partial charge is 0.315 e. The highest BCUT2D eigenvalue weighted by atomic mass is 16.5. The summed E-state index contributed by atoms with van der Waals surface area (Å²) in [6, 6.07) is 30.9. The molecule has 0 aliphatic rings. The van der Waals surface area contributed by atoms with Crippen molar-refractivity contribution in [2.45, 2.75) is 32.6 Å². The standard InChI is InChI=1S/C18H18O4.C17H16O4/c1-13-5-3-6-14(9-13)12-18(20)22-16-8-4-7-15(10-16)11-17(19)21-2;1-20-16(18)12-14-8-5-9-15(10-14)21-17(19)11-13-6-3-2-4-7-13/h3-10H,11-12H2,1-2H3;2-10H,11-12H2,1H3. The summed E-state index contributed by atoms with van der Waals surface area (Å²) in [5.74, 6) is -0.473. The van der Waals surface area contributed by atoms with Gasteiger partial charge in [-0.2, -0.15) is 0 Å². The summed E-state index contributed by atoms with van der Waals surface area (Å²) in [6.45, 7) is 1.98. The molecule has 0 bridgehead atoms. The van der Waals surface area contributed by atoms with Crippen molar-refractivity contribution in [3.8, 4) is 11.5 Å². The number of benzene rings is 4. The van der Waals surface area contributed by atoms with Crippen LogP contribution in [-0.2, 0) is 54.3 Å². The first-order valence-corrected chi connectivity index (χ1v) is 13.6. The molecule has 0 saturated carbocycles. The average Bonchev–Trinajstić information content (AvgIpc) is 2.98. The summed E-state index contributed by atoms with van der Waals surface area (Å²) in [5, 5.41) is 0. The van der Waals surface area contributed by atoms with E-state index in [9.17, 15) is 19.2 Å². The van der Waals surface area contributed by atoms with Crippen molar-refractivity contribution in [1.82, 2.24) is 0 Å².